The number of aryl methyl sites for hydroxylation is 1. The zero-order valence-electron chi connectivity index (χ0n) is 16.1. The average Bonchev–Trinajstić information content (AvgIpc) is 3.00. The van der Waals surface area contributed by atoms with Crippen molar-refractivity contribution in [2.45, 2.75) is 37.6 Å². The second kappa shape index (κ2) is 7.08. The van der Waals surface area contributed by atoms with Gasteiger partial charge in [-0.3, -0.25) is 9.69 Å². The minimum atomic E-state index is -0.348. The minimum Gasteiger partial charge on any atom is -0.338 e. The van der Waals surface area contributed by atoms with Crippen molar-refractivity contribution in [3.8, 4) is 0 Å². The quantitative estimate of drug-likeness (QED) is 0.794. The van der Waals surface area contributed by atoms with Gasteiger partial charge in [0.2, 0.25) is 0 Å². The molecule has 2 saturated heterocycles. The topological polar surface area (TPSA) is 23.6 Å². The Balaban J connectivity index is 1.45. The van der Waals surface area contributed by atoms with Crippen molar-refractivity contribution in [3.05, 3.63) is 71.0 Å². The maximum atomic E-state index is 13.6. The van der Waals surface area contributed by atoms with Crippen molar-refractivity contribution >= 4 is 5.91 Å². The van der Waals surface area contributed by atoms with Gasteiger partial charge in [0.25, 0.3) is 5.91 Å². The highest BCUT2D eigenvalue weighted by Crippen LogP contribution is 2.44. The summed E-state index contributed by atoms with van der Waals surface area (Å²) in [5, 5.41) is 0. The molecular weight excluding hydrogens is 339 g/mol. The van der Waals surface area contributed by atoms with E-state index in [9.17, 15) is 9.18 Å². The average molecular weight is 366 g/mol. The lowest BCUT2D eigenvalue weighted by atomic mass is 9.81. The van der Waals surface area contributed by atoms with E-state index in [4.69, 9.17) is 0 Å². The summed E-state index contributed by atoms with van der Waals surface area (Å²) in [5.74, 6) is 0.171. The number of carbonyl (C=O) groups excluding carboxylic acids is 1. The van der Waals surface area contributed by atoms with Crippen LogP contribution in [0.15, 0.2) is 48.5 Å². The minimum absolute atomic E-state index is 0.0397. The molecule has 2 fully saturated rings. The molecular formula is C23H27FN2O. The van der Waals surface area contributed by atoms with E-state index in [0.29, 0.717) is 11.5 Å². The standard InChI is InChI=1S/C23H27FN2O/c1-17-8-9-20(24)14-21(17)22(27)26-12-10-23(11-13-26)15-19(16-25(23)2)18-6-4-3-5-7-18/h3-9,14,19H,10-13,15-16H2,1-2H3/t19-/m1/s1. The molecule has 2 aromatic carbocycles. The molecule has 0 aliphatic carbocycles. The molecule has 0 N–H and O–H groups in total. The van der Waals surface area contributed by atoms with Gasteiger partial charge in [0.05, 0.1) is 0 Å². The Bertz CT molecular complexity index is 828. The van der Waals surface area contributed by atoms with E-state index in [1.807, 2.05) is 11.8 Å². The highest BCUT2D eigenvalue weighted by atomic mass is 19.1. The van der Waals surface area contributed by atoms with E-state index in [0.717, 1.165) is 44.5 Å². The van der Waals surface area contributed by atoms with Gasteiger partial charge in [-0.25, -0.2) is 4.39 Å². The maximum absolute atomic E-state index is 13.6. The fourth-order valence-electron chi connectivity index (χ4n) is 4.86. The Morgan fingerprint density at radius 1 is 1.11 bits per heavy atom. The number of benzene rings is 2. The fourth-order valence-corrected chi connectivity index (χ4v) is 4.86. The van der Waals surface area contributed by atoms with Gasteiger partial charge in [-0.05, 0) is 62.4 Å². The molecule has 142 valence electrons. The van der Waals surface area contributed by atoms with Crippen LogP contribution in [-0.4, -0.2) is 47.9 Å². The van der Waals surface area contributed by atoms with Crippen LogP contribution in [0.5, 0.6) is 0 Å². The van der Waals surface area contributed by atoms with Gasteiger partial charge >= 0.3 is 0 Å². The molecule has 0 unspecified atom stereocenters. The highest BCUT2D eigenvalue weighted by Gasteiger charge is 2.46. The van der Waals surface area contributed by atoms with E-state index in [-0.39, 0.29) is 17.3 Å². The first-order chi connectivity index (χ1) is 13.0. The number of likely N-dealkylation sites (tertiary alicyclic amines) is 2. The Labute approximate surface area is 160 Å². The lowest BCUT2D eigenvalue weighted by Gasteiger charge is -2.43. The zero-order chi connectivity index (χ0) is 19.0. The van der Waals surface area contributed by atoms with Crippen LogP contribution in [0.3, 0.4) is 0 Å². The van der Waals surface area contributed by atoms with Crippen LogP contribution in [-0.2, 0) is 0 Å². The van der Waals surface area contributed by atoms with Crippen LogP contribution in [0.25, 0.3) is 0 Å². The van der Waals surface area contributed by atoms with Gasteiger partial charge < -0.3 is 4.90 Å². The summed E-state index contributed by atoms with van der Waals surface area (Å²) in [6.45, 7) is 4.41. The number of amides is 1. The number of piperidine rings is 1. The summed E-state index contributed by atoms with van der Waals surface area (Å²) in [4.78, 5) is 17.3. The lowest BCUT2D eigenvalue weighted by molar-refractivity contribution is 0.0491. The van der Waals surface area contributed by atoms with Crippen LogP contribution in [0.1, 0.15) is 46.7 Å². The molecule has 1 spiro atoms. The molecule has 4 heteroatoms. The Morgan fingerprint density at radius 2 is 1.81 bits per heavy atom. The SMILES string of the molecule is Cc1ccc(F)cc1C(=O)N1CCC2(CC1)C[C@@H](c1ccccc1)CN2C. The molecule has 2 aromatic rings. The number of nitrogens with zero attached hydrogens (tertiary/aromatic N) is 2. The van der Waals surface area contributed by atoms with Crippen molar-refractivity contribution in [1.29, 1.82) is 0 Å². The summed E-state index contributed by atoms with van der Waals surface area (Å²) in [5.41, 5.74) is 2.92. The first kappa shape index (κ1) is 18.2. The molecule has 3 nitrogen and oxygen atoms in total. The summed E-state index contributed by atoms with van der Waals surface area (Å²) in [7, 11) is 2.22. The third-order valence-corrected chi connectivity index (χ3v) is 6.61. The Hall–Kier alpha value is -2.20. The molecule has 0 bridgehead atoms. The van der Waals surface area contributed by atoms with Crippen LogP contribution >= 0.6 is 0 Å². The molecule has 27 heavy (non-hydrogen) atoms. The largest absolute Gasteiger partial charge is 0.338 e. The molecule has 0 saturated carbocycles. The van der Waals surface area contributed by atoms with Crippen LogP contribution in [0, 0.1) is 12.7 Å². The molecule has 1 amide bonds. The smallest absolute Gasteiger partial charge is 0.254 e. The van der Waals surface area contributed by atoms with Crippen molar-refractivity contribution in [1.82, 2.24) is 9.80 Å². The number of rotatable bonds is 2. The lowest BCUT2D eigenvalue weighted by Crippen LogP contribution is -2.52. The van der Waals surface area contributed by atoms with E-state index < -0.39 is 0 Å². The third kappa shape index (κ3) is 3.39. The highest BCUT2D eigenvalue weighted by molar-refractivity contribution is 5.95. The Morgan fingerprint density at radius 3 is 2.52 bits per heavy atom. The summed E-state index contributed by atoms with van der Waals surface area (Å²) >= 11 is 0. The first-order valence-corrected chi connectivity index (χ1v) is 9.80. The van der Waals surface area contributed by atoms with E-state index in [1.165, 1.54) is 17.7 Å². The van der Waals surface area contributed by atoms with Crippen molar-refractivity contribution < 1.29 is 9.18 Å². The zero-order valence-corrected chi connectivity index (χ0v) is 16.1. The third-order valence-electron chi connectivity index (χ3n) is 6.61. The molecule has 2 heterocycles. The van der Waals surface area contributed by atoms with Crippen LogP contribution in [0.2, 0.25) is 0 Å². The van der Waals surface area contributed by atoms with Gasteiger partial charge in [-0.2, -0.15) is 0 Å². The van der Waals surface area contributed by atoms with Crippen molar-refractivity contribution in [2.75, 3.05) is 26.7 Å². The second-order valence-electron chi connectivity index (χ2n) is 8.17. The summed E-state index contributed by atoms with van der Waals surface area (Å²) in [6, 6.07) is 15.2. The molecule has 2 aliphatic heterocycles. The second-order valence-corrected chi connectivity index (χ2v) is 8.17. The summed E-state index contributed by atoms with van der Waals surface area (Å²) in [6.07, 6.45) is 3.11. The molecule has 0 aromatic heterocycles. The maximum Gasteiger partial charge on any atom is 0.254 e. The van der Waals surface area contributed by atoms with Gasteiger partial charge in [0.15, 0.2) is 0 Å². The number of carbonyl (C=O) groups is 1. The normalized spacial score (nSPS) is 22.3. The van der Waals surface area contributed by atoms with Crippen molar-refractivity contribution in [3.63, 3.8) is 0 Å². The van der Waals surface area contributed by atoms with Crippen LogP contribution in [0.4, 0.5) is 4.39 Å². The first-order valence-electron chi connectivity index (χ1n) is 9.80. The van der Waals surface area contributed by atoms with Gasteiger partial charge in [0, 0.05) is 30.7 Å². The van der Waals surface area contributed by atoms with E-state index in [2.05, 4.69) is 42.3 Å². The number of hydrogen-bond acceptors (Lipinski definition) is 2. The van der Waals surface area contributed by atoms with Gasteiger partial charge in [-0.1, -0.05) is 36.4 Å². The Kier molecular flexibility index (Phi) is 4.77. The number of halogens is 1. The van der Waals surface area contributed by atoms with Gasteiger partial charge in [0.1, 0.15) is 5.82 Å². The van der Waals surface area contributed by atoms with Gasteiger partial charge in [-0.15, -0.1) is 0 Å². The van der Waals surface area contributed by atoms with E-state index >= 15 is 0 Å². The van der Waals surface area contributed by atoms with Crippen molar-refractivity contribution in [2.24, 2.45) is 0 Å². The van der Waals surface area contributed by atoms with E-state index in [1.54, 1.807) is 6.07 Å². The number of likely N-dealkylation sites (N-methyl/N-ethyl adjacent to an activating group) is 1. The molecule has 2 aliphatic rings. The van der Waals surface area contributed by atoms with Crippen LogP contribution < -0.4 is 0 Å². The molecule has 1 atom stereocenters. The summed E-state index contributed by atoms with van der Waals surface area (Å²) < 4.78 is 13.6. The molecule has 0 radical (unpaired) electrons. The fraction of sp³-hybridized carbons (Fsp3) is 0.435. The predicted molar refractivity (Wildman–Crippen MR) is 105 cm³/mol. The number of hydrogen-bond donors (Lipinski definition) is 0. The predicted octanol–water partition coefficient (Wildman–Crippen LogP) is 4.23. The molecule has 4 rings (SSSR count). The monoisotopic (exact) mass is 366 g/mol.